The van der Waals surface area contributed by atoms with Crippen LogP contribution < -0.4 is 10.6 Å². The minimum absolute atomic E-state index is 0.115. The van der Waals surface area contributed by atoms with Gasteiger partial charge in [-0.3, -0.25) is 4.79 Å². The van der Waals surface area contributed by atoms with E-state index in [0.29, 0.717) is 33.0 Å². The molecule has 4 rings (SSSR count). The lowest BCUT2D eigenvalue weighted by Gasteiger charge is -2.28. The first-order valence-electron chi connectivity index (χ1n) is 9.22. The SMILES string of the molecule is COC(=O)c1nc2n(n1)C(c1ccc(Cl)cc1)C(C(=O)Nc1ccc(Cl)cc1)=C(C)N2. The summed E-state index contributed by atoms with van der Waals surface area (Å²) in [4.78, 5) is 29.5. The molecule has 1 unspecified atom stereocenters. The summed E-state index contributed by atoms with van der Waals surface area (Å²) in [5, 5.41) is 11.3. The van der Waals surface area contributed by atoms with E-state index in [1.54, 1.807) is 55.5 Å². The van der Waals surface area contributed by atoms with Gasteiger partial charge in [-0.2, -0.15) is 4.98 Å². The Balaban J connectivity index is 1.78. The predicted octanol–water partition coefficient (Wildman–Crippen LogP) is 4.30. The number of carbonyl (C=O) groups excluding carboxylic acids is 2. The zero-order chi connectivity index (χ0) is 22.1. The predicted molar refractivity (Wildman–Crippen MR) is 117 cm³/mol. The van der Waals surface area contributed by atoms with Crippen LogP contribution in [-0.4, -0.2) is 33.8 Å². The molecule has 0 spiro atoms. The highest BCUT2D eigenvalue weighted by atomic mass is 35.5. The molecule has 0 fully saturated rings. The van der Waals surface area contributed by atoms with Crippen molar-refractivity contribution < 1.29 is 14.3 Å². The second-order valence-electron chi connectivity index (χ2n) is 6.77. The number of esters is 1. The Kier molecular flexibility index (Phi) is 5.67. The largest absolute Gasteiger partial charge is 0.463 e. The zero-order valence-electron chi connectivity index (χ0n) is 16.5. The zero-order valence-corrected chi connectivity index (χ0v) is 18.0. The Bertz CT molecular complexity index is 1190. The maximum absolute atomic E-state index is 13.3. The molecule has 2 heterocycles. The number of fused-ring (bicyclic) bond motifs is 1. The summed E-state index contributed by atoms with van der Waals surface area (Å²) < 4.78 is 6.22. The van der Waals surface area contributed by atoms with E-state index in [2.05, 4.69) is 20.7 Å². The number of hydrogen-bond donors (Lipinski definition) is 2. The third-order valence-corrected chi connectivity index (χ3v) is 5.26. The standard InChI is InChI=1S/C21H17Cl2N5O3/c1-11-16(19(29)25-15-9-7-14(23)8-10-15)17(12-3-5-13(22)6-4-12)28-21(24-11)26-18(27-28)20(30)31-2/h3-10,17H,1-2H3,(H,25,29)(H,24,26,27). The van der Waals surface area contributed by atoms with E-state index < -0.39 is 12.0 Å². The van der Waals surface area contributed by atoms with Crippen molar-refractivity contribution in [3.8, 4) is 0 Å². The van der Waals surface area contributed by atoms with Gasteiger partial charge < -0.3 is 15.4 Å². The second kappa shape index (κ2) is 8.41. The van der Waals surface area contributed by atoms with Gasteiger partial charge in [0.05, 0.1) is 12.7 Å². The lowest BCUT2D eigenvalue weighted by molar-refractivity contribution is -0.113. The lowest BCUT2D eigenvalue weighted by Crippen LogP contribution is -2.31. The fourth-order valence-corrected chi connectivity index (χ4v) is 3.56. The lowest BCUT2D eigenvalue weighted by atomic mass is 9.95. The second-order valence-corrected chi connectivity index (χ2v) is 7.65. The molecule has 1 aliphatic heterocycles. The van der Waals surface area contributed by atoms with Crippen molar-refractivity contribution in [3.63, 3.8) is 0 Å². The van der Waals surface area contributed by atoms with Gasteiger partial charge in [-0.15, -0.1) is 5.10 Å². The van der Waals surface area contributed by atoms with E-state index >= 15 is 0 Å². The molecule has 2 aromatic carbocycles. The molecule has 158 valence electrons. The van der Waals surface area contributed by atoms with Crippen LogP contribution in [0.3, 0.4) is 0 Å². The number of allylic oxidation sites excluding steroid dienone is 1. The van der Waals surface area contributed by atoms with Crippen molar-refractivity contribution in [1.29, 1.82) is 0 Å². The van der Waals surface area contributed by atoms with Gasteiger partial charge in [0.1, 0.15) is 6.04 Å². The van der Waals surface area contributed by atoms with Crippen molar-refractivity contribution in [1.82, 2.24) is 14.8 Å². The first-order valence-corrected chi connectivity index (χ1v) is 9.98. The quantitative estimate of drug-likeness (QED) is 0.566. The Labute approximate surface area is 187 Å². The molecule has 0 saturated heterocycles. The number of nitrogens with one attached hydrogen (secondary N) is 2. The number of rotatable bonds is 4. The number of methoxy groups -OCH3 is 1. The van der Waals surface area contributed by atoms with Crippen LogP contribution in [0.1, 0.15) is 29.1 Å². The maximum atomic E-state index is 13.3. The molecule has 0 saturated carbocycles. The Morgan fingerprint density at radius 3 is 2.29 bits per heavy atom. The van der Waals surface area contributed by atoms with Crippen molar-refractivity contribution >= 4 is 46.7 Å². The van der Waals surface area contributed by atoms with E-state index in [4.69, 9.17) is 27.9 Å². The van der Waals surface area contributed by atoms with Crippen LogP contribution in [-0.2, 0) is 9.53 Å². The van der Waals surface area contributed by atoms with Crippen molar-refractivity contribution in [2.24, 2.45) is 0 Å². The van der Waals surface area contributed by atoms with Crippen molar-refractivity contribution in [2.75, 3.05) is 17.7 Å². The molecule has 1 aliphatic rings. The molecular formula is C21H17Cl2N5O3. The Morgan fingerprint density at radius 1 is 1.06 bits per heavy atom. The van der Waals surface area contributed by atoms with E-state index in [1.807, 2.05) is 0 Å². The molecule has 2 N–H and O–H groups in total. The van der Waals surface area contributed by atoms with Gasteiger partial charge in [-0.25, -0.2) is 9.48 Å². The molecular weight excluding hydrogens is 441 g/mol. The topological polar surface area (TPSA) is 98.1 Å². The van der Waals surface area contributed by atoms with Gasteiger partial charge in [-0.1, -0.05) is 35.3 Å². The molecule has 0 radical (unpaired) electrons. The number of benzene rings is 2. The minimum atomic E-state index is -0.677. The highest BCUT2D eigenvalue weighted by molar-refractivity contribution is 6.30. The number of nitrogens with zero attached hydrogens (tertiary/aromatic N) is 3. The summed E-state index contributed by atoms with van der Waals surface area (Å²) in [7, 11) is 1.25. The fraction of sp³-hybridized carbons (Fsp3) is 0.143. The van der Waals surface area contributed by atoms with Gasteiger partial charge in [0.15, 0.2) is 0 Å². The third-order valence-electron chi connectivity index (χ3n) is 4.75. The van der Waals surface area contributed by atoms with Crippen LogP contribution in [0.5, 0.6) is 0 Å². The average molecular weight is 458 g/mol. The van der Waals surface area contributed by atoms with Gasteiger partial charge in [0.2, 0.25) is 5.95 Å². The summed E-state index contributed by atoms with van der Waals surface area (Å²) in [6.07, 6.45) is 0. The first-order chi connectivity index (χ1) is 14.9. The average Bonchev–Trinajstić information content (AvgIpc) is 3.18. The van der Waals surface area contributed by atoms with Crippen LogP contribution in [0.4, 0.5) is 11.6 Å². The van der Waals surface area contributed by atoms with E-state index in [0.717, 1.165) is 5.56 Å². The normalized spacial score (nSPS) is 15.2. The molecule has 10 heteroatoms. The molecule has 0 aliphatic carbocycles. The Hall–Kier alpha value is -3.36. The Morgan fingerprint density at radius 2 is 1.68 bits per heavy atom. The van der Waals surface area contributed by atoms with Crippen LogP contribution in [0, 0.1) is 0 Å². The minimum Gasteiger partial charge on any atom is -0.463 e. The van der Waals surface area contributed by atoms with E-state index in [-0.39, 0.29) is 11.7 Å². The molecule has 3 aromatic rings. The van der Waals surface area contributed by atoms with Crippen LogP contribution >= 0.6 is 23.2 Å². The van der Waals surface area contributed by atoms with Gasteiger partial charge in [0.25, 0.3) is 11.7 Å². The highest BCUT2D eigenvalue weighted by Crippen LogP contribution is 2.36. The number of aromatic nitrogens is 3. The van der Waals surface area contributed by atoms with Gasteiger partial charge >= 0.3 is 5.97 Å². The number of amides is 1. The summed E-state index contributed by atoms with van der Waals surface area (Å²) in [6, 6.07) is 13.2. The maximum Gasteiger partial charge on any atom is 0.378 e. The first kappa shape index (κ1) is 20.9. The molecule has 1 amide bonds. The smallest absolute Gasteiger partial charge is 0.378 e. The highest BCUT2D eigenvalue weighted by Gasteiger charge is 2.35. The van der Waals surface area contributed by atoms with Crippen LogP contribution in [0.2, 0.25) is 10.0 Å². The number of anilines is 2. The number of hydrogen-bond acceptors (Lipinski definition) is 6. The van der Waals surface area contributed by atoms with Crippen molar-refractivity contribution in [3.05, 3.63) is 81.2 Å². The summed E-state index contributed by atoms with van der Waals surface area (Å²) in [6.45, 7) is 1.76. The monoisotopic (exact) mass is 457 g/mol. The molecule has 8 nitrogen and oxygen atoms in total. The third kappa shape index (κ3) is 4.12. The number of carbonyl (C=O) groups is 2. The van der Waals surface area contributed by atoms with E-state index in [1.165, 1.54) is 11.8 Å². The molecule has 31 heavy (non-hydrogen) atoms. The fourth-order valence-electron chi connectivity index (χ4n) is 3.31. The van der Waals surface area contributed by atoms with Crippen LogP contribution in [0.15, 0.2) is 59.8 Å². The summed E-state index contributed by atoms with van der Waals surface area (Å²) in [5.41, 5.74) is 2.31. The number of ether oxygens (including phenoxy) is 1. The van der Waals surface area contributed by atoms with E-state index in [9.17, 15) is 9.59 Å². The summed E-state index contributed by atoms with van der Waals surface area (Å²) >= 11 is 12.0. The molecule has 0 bridgehead atoms. The molecule has 1 aromatic heterocycles. The number of halogens is 2. The van der Waals surface area contributed by atoms with Gasteiger partial charge in [0, 0.05) is 21.4 Å². The van der Waals surface area contributed by atoms with Gasteiger partial charge in [-0.05, 0) is 48.9 Å². The summed E-state index contributed by atoms with van der Waals surface area (Å²) in [5.74, 6) is -0.812. The van der Waals surface area contributed by atoms with Crippen molar-refractivity contribution in [2.45, 2.75) is 13.0 Å². The van der Waals surface area contributed by atoms with Crippen LogP contribution in [0.25, 0.3) is 0 Å². The molecule has 1 atom stereocenters.